The maximum Gasteiger partial charge on any atom is 0.220 e. The molecule has 0 aliphatic rings. The Morgan fingerprint density at radius 3 is 2.88 bits per heavy atom. The van der Waals surface area contributed by atoms with Crippen LogP contribution in [0.25, 0.3) is 0 Å². The molecule has 1 heterocycles. The second-order valence-electron chi connectivity index (χ2n) is 3.26. The van der Waals surface area contributed by atoms with Crippen molar-refractivity contribution in [2.45, 2.75) is 0 Å². The first-order valence-electron chi connectivity index (χ1n) is 4.79. The van der Waals surface area contributed by atoms with E-state index in [1.165, 1.54) is 0 Å². The summed E-state index contributed by atoms with van der Waals surface area (Å²) in [4.78, 5) is 3.97. The van der Waals surface area contributed by atoms with Gasteiger partial charge in [-0.3, -0.25) is 0 Å². The highest BCUT2D eigenvalue weighted by molar-refractivity contribution is 6.32. The third-order valence-corrected chi connectivity index (χ3v) is 2.32. The van der Waals surface area contributed by atoms with Gasteiger partial charge in [0.15, 0.2) is 0 Å². The van der Waals surface area contributed by atoms with Crippen LogP contribution in [0.2, 0.25) is 5.02 Å². The molecule has 0 saturated carbocycles. The zero-order valence-corrected chi connectivity index (χ0v) is 9.48. The summed E-state index contributed by atoms with van der Waals surface area (Å²) in [6, 6.07) is 11.8. The van der Waals surface area contributed by atoms with Gasteiger partial charge in [-0.25, -0.2) is 4.98 Å². The number of pyridine rings is 1. The van der Waals surface area contributed by atoms with E-state index >= 15 is 0 Å². The number of benzene rings is 1. The van der Waals surface area contributed by atoms with Gasteiger partial charge in [0.25, 0.3) is 0 Å². The molecular formula is C12H8ClN3O. The number of nitriles is 1. The van der Waals surface area contributed by atoms with Crippen LogP contribution in [-0.2, 0) is 0 Å². The van der Waals surface area contributed by atoms with Gasteiger partial charge in [-0.2, -0.15) is 5.26 Å². The fourth-order valence-corrected chi connectivity index (χ4v) is 1.40. The van der Waals surface area contributed by atoms with Crippen molar-refractivity contribution >= 4 is 17.3 Å². The second kappa shape index (κ2) is 4.73. The average Bonchev–Trinajstić information content (AvgIpc) is 2.34. The minimum absolute atomic E-state index is 0.280. The number of nitrogens with zero attached hydrogens (tertiary/aromatic N) is 2. The quantitative estimate of drug-likeness (QED) is 0.826. The van der Waals surface area contributed by atoms with E-state index in [1.54, 1.807) is 36.4 Å². The van der Waals surface area contributed by atoms with Crippen molar-refractivity contribution in [3.8, 4) is 17.7 Å². The average molecular weight is 246 g/mol. The third kappa shape index (κ3) is 2.65. The molecule has 5 heteroatoms. The molecule has 0 aliphatic heterocycles. The highest BCUT2D eigenvalue weighted by Crippen LogP contribution is 2.30. The summed E-state index contributed by atoms with van der Waals surface area (Å²) < 4.78 is 5.46. The number of rotatable bonds is 2. The Hall–Kier alpha value is -2.25. The Kier molecular flexibility index (Phi) is 3.12. The second-order valence-corrected chi connectivity index (χ2v) is 3.67. The smallest absolute Gasteiger partial charge is 0.220 e. The highest BCUT2D eigenvalue weighted by atomic mass is 35.5. The number of hydrogen-bond acceptors (Lipinski definition) is 4. The Bertz CT molecular complexity index is 593. The lowest BCUT2D eigenvalue weighted by Crippen LogP contribution is -1.92. The standard InChI is InChI=1S/C12H8ClN3O/c13-10-5-4-8(15)6-11(10)17-12-3-1-2-9(7-14)16-12/h1-6H,15H2. The normalized spacial score (nSPS) is 9.65. The molecule has 1 aromatic carbocycles. The molecule has 2 rings (SSSR count). The van der Waals surface area contributed by atoms with Crippen LogP contribution in [0.3, 0.4) is 0 Å². The Morgan fingerprint density at radius 1 is 1.29 bits per heavy atom. The van der Waals surface area contributed by atoms with E-state index in [9.17, 15) is 0 Å². The SMILES string of the molecule is N#Cc1cccc(Oc2cc(N)ccc2Cl)n1. The maximum atomic E-state index is 8.71. The van der Waals surface area contributed by atoms with Gasteiger partial charge in [0, 0.05) is 17.8 Å². The van der Waals surface area contributed by atoms with Gasteiger partial charge in [0.1, 0.15) is 17.5 Å². The molecule has 0 spiro atoms. The molecule has 17 heavy (non-hydrogen) atoms. The molecule has 1 aromatic heterocycles. The van der Waals surface area contributed by atoms with E-state index < -0.39 is 0 Å². The van der Waals surface area contributed by atoms with E-state index in [4.69, 9.17) is 27.3 Å². The van der Waals surface area contributed by atoms with Gasteiger partial charge in [0.2, 0.25) is 5.88 Å². The van der Waals surface area contributed by atoms with Crippen LogP contribution >= 0.6 is 11.6 Å². The van der Waals surface area contributed by atoms with Gasteiger partial charge in [-0.05, 0) is 18.2 Å². The van der Waals surface area contributed by atoms with E-state index in [1.807, 2.05) is 6.07 Å². The number of halogens is 1. The summed E-state index contributed by atoms with van der Waals surface area (Å²) in [5, 5.41) is 9.15. The van der Waals surface area contributed by atoms with Crippen LogP contribution < -0.4 is 10.5 Å². The summed E-state index contributed by atoms with van der Waals surface area (Å²) in [5.41, 5.74) is 6.45. The van der Waals surface area contributed by atoms with Gasteiger partial charge >= 0.3 is 0 Å². The largest absolute Gasteiger partial charge is 0.437 e. The van der Waals surface area contributed by atoms with E-state index in [0.29, 0.717) is 22.3 Å². The predicted octanol–water partition coefficient (Wildman–Crippen LogP) is 2.98. The Morgan fingerprint density at radius 2 is 2.12 bits per heavy atom. The number of nitrogens with two attached hydrogens (primary N) is 1. The van der Waals surface area contributed by atoms with Gasteiger partial charge in [-0.1, -0.05) is 17.7 Å². The number of anilines is 1. The lowest BCUT2D eigenvalue weighted by atomic mass is 10.3. The van der Waals surface area contributed by atoms with Crippen LogP contribution in [-0.4, -0.2) is 4.98 Å². The van der Waals surface area contributed by atoms with E-state index in [0.717, 1.165) is 0 Å². The molecule has 4 nitrogen and oxygen atoms in total. The highest BCUT2D eigenvalue weighted by Gasteiger charge is 2.05. The van der Waals surface area contributed by atoms with Crippen LogP contribution in [0.4, 0.5) is 5.69 Å². The minimum atomic E-state index is 0.280. The molecule has 0 atom stereocenters. The van der Waals surface area contributed by atoms with Crippen LogP contribution in [0.5, 0.6) is 11.6 Å². The van der Waals surface area contributed by atoms with Crippen LogP contribution in [0.15, 0.2) is 36.4 Å². The molecule has 0 bridgehead atoms. The summed E-state index contributed by atoms with van der Waals surface area (Å²) in [6.45, 7) is 0. The minimum Gasteiger partial charge on any atom is -0.437 e. The first kappa shape index (κ1) is 11.2. The summed E-state index contributed by atoms with van der Waals surface area (Å²) in [6.07, 6.45) is 0. The zero-order chi connectivity index (χ0) is 12.3. The molecule has 2 aromatic rings. The molecule has 2 N–H and O–H groups in total. The lowest BCUT2D eigenvalue weighted by molar-refractivity contribution is 0.463. The van der Waals surface area contributed by atoms with Gasteiger partial charge < -0.3 is 10.5 Å². The summed E-state index contributed by atoms with van der Waals surface area (Å²) in [5.74, 6) is 0.714. The molecule has 0 saturated heterocycles. The zero-order valence-electron chi connectivity index (χ0n) is 8.72. The number of aromatic nitrogens is 1. The van der Waals surface area contributed by atoms with Crippen LogP contribution in [0.1, 0.15) is 5.69 Å². The molecule has 0 aliphatic carbocycles. The molecule has 0 radical (unpaired) electrons. The Balaban J connectivity index is 2.31. The van der Waals surface area contributed by atoms with E-state index in [-0.39, 0.29) is 5.69 Å². The monoisotopic (exact) mass is 245 g/mol. The number of hydrogen-bond donors (Lipinski definition) is 1. The summed E-state index contributed by atoms with van der Waals surface area (Å²) in [7, 11) is 0. The lowest BCUT2D eigenvalue weighted by Gasteiger charge is -2.07. The van der Waals surface area contributed by atoms with Crippen molar-refractivity contribution in [1.82, 2.24) is 4.98 Å². The van der Waals surface area contributed by atoms with Crippen molar-refractivity contribution in [1.29, 1.82) is 5.26 Å². The topological polar surface area (TPSA) is 71.9 Å². The van der Waals surface area contributed by atoms with Crippen molar-refractivity contribution in [2.75, 3.05) is 5.73 Å². The van der Waals surface area contributed by atoms with Gasteiger partial charge in [-0.15, -0.1) is 0 Å². The fourth-order valence-electron chi connectivity index (χ4n) is 1.24. The molecular weight excluding hydrogens is 238 g/mol. The first-order valence-corrected chi connectivity index (χ1v) is 5.17. The maximum absolute atomic E-state index is 8.71. The molecule has 0 fully saturated rings. The third-order valence-electron chi connectivity index (χ3n) is 2.01. The van der Waals surface area contributed by atoms with Crippen LogP contribution in [0, 0.1) is 11.3 Å². The molecule has 84 valence electrons. The first-order chi connectivity index (χ1) is 8.19. The van der Waals surface area contributed by atoms with Gasteiger partial charge in [0.05, 0.1) is 5.02 Å². The molecule has 0 unspecified atom stereocenters. The van der Waals surface area contributed by atoms with E-state index in [2.05, 4.69) is 4.98 Å². The van der Waals surface area contributed by atoms with Crippen molar-refractivity contribution in [3.63, 3.8) is 0 Å². The van der Waals surface area contributed by atoms with Crippen molar-refractivity contribution < 1.29 is 4.74 Å². The number of ether oxygens (including phenoxy) is 1. The fraction of sp³-hybridized carbons (Fsp3) is 0. The van der Waals surface area contributed by atoms with Crippen molar-refractivity contribution in [2.24, 2.45) is 0 Å². The molecule has 0 amide bonds. The van der Waals surface area contributed by atoms with Crippen molar-refractivity contribution in [3.05, 3.63) is 47.1 Å². The summed E-state index contributed by atoms with van der Waals surface area (Å²) >= 11 is 5.95. The Labute approximate surface area is 103 Å². The number of nitrogen functional groups attached to an aromatic ring is 1. The predicted molar refractivity (Wildman–Crippen MR) is 64.9 cm³/mol.